The van der Waals surface area contributed by atoms with E-state index in [1.807, 2.05) is 24.3 Å². The first-order valence-electron chi connectivity index (χ1n) is 10.1. The van der Waals surface area contributed by atoms with Crippen LogP contribution in [0, 0.1) is 5.82 Å². The van der Waals surface area contributed by atoms with Crippen LogP contribution >= 0.6 is 11.6 Å². The second-order valence-corrected chi connectivity index (χ2v) is 7.97. The Hall–Kier alpha value is -3.35. The molecule has 0 saturated carbocycles. The van der Waals surface area contributed by atoms with Gasteiger partial charge in [0.05, 0.1) is 23.3 Å². The third-order valence-corrected chi connectivity index (χ3v) is 5.87. The zero-order valence-electron chi connectivity index (χ0n) is 17.2. The molecule has 3 aromatic rings. The van der Waals surface area contributed by atoms with Crippen LogP contribution in [0.4, 0.5) is 4.39 Å². The molecular weight excluding hydrogens is 433 g/mol. The Morgan fingerprint density at radius 3 is 2.81 bits per heavy atom. The predicted molar refractivity (Wildman–Crippen MR) is 119 cm³/mol. The summed E-state index contributed by atoms with van der Waals surface area (Å²) < 4.78 is 31.5. The molecule has 2 heterocycles. The van der Waals surface area contributed by atoms with Gasteiger partial charge in [-0.2, -0.15) is 0 Å². The molecule has 32 heavy (non-hydrogen) atoms. The minimum absolute atomic E-state index is 0.0299. The van der Waals surface area contributed by atoms with Gasteiger partial charge in [-0.15, -0.1) is 0 Å². The number of fused-ring (bicyclic) bond motifs is 3. The fourth-order valence-corrected chi connectivity index (χ4v) is 4.18. The molecule has 5 rings (SSSR count). The highest BCUT2D eigenvalue weighted by Crippen LogP contribution is 2.42. The second-order valence-electron chi connectivity index (χ2n) is 7.57. The topological polar surface area (TPSA) is 48.0 Å². The van der Waals surface area contributed by atoms with Gasteiger partial charge < -0.3 is 14.2 Å². The minimum Gasteiger partial charge on any atom is -0.496 e. The van der Waals surface area contributed by atoms with Crippen LogP contribution in [0.25, 0.3) is 6.08 Å². The molecule has 162 valence electrons. The summed E-state index contributed by atoms with van der Waals surface area (Å²) in [4.78, 5) is 15.0. The Bertz CT molecular complexity index is 1240. The van der Waals surface area contributed by atoms with Crippen molar-refractivity contribution in [1.29, 1.82) is 0 Å². The van der Waals surface area contributed by atoms with E-state index in [4.69, 9.17) is 25.8 Å². The Labute approximate surface area is 189 Å². The van der Waals surface area contributed by atoms with Crippen LogP contribution in [0.1, 0.15) is 27.0 Å². The summed E-state index contributed by atoms with van der Waals surface area (Å²) in [6.45, 7) is 1.53. The van der Waals surface area contributed by atoms with Crippen LogP contribution in [0.3, 0.4) is 0 Å². The summed E-state index contributed by atoms with van der Waals surface area (Å²) >= 11 is 6.11. The number of carbonyl (C=O) groups excluding carboxylic acids is 1. The molecule has 0 bridgehead atoms. The number of carbonyl (C=O) groups is 1. The summed E-state index contributed by atoms with van der Waals surface area (Å²) in [5.74, 6) is 1.10. The van der Waals surface area contributed by atoms with Gasteiger partial charge in [0.2, 0.25) is 5.78 Å². The Balaban J connectivity index is 1.45. The summed E-state index contributed by atoms with van der Waals surface area (Å²) in [5.41, 5.74) is 2.35. The lowest BCUT2D eigenvalue weighted by atomic mass is 10.0. The van der Waals surface area contributed by atoms with Gasteiger partial charge in [-0.1, -0.05) is 35.9 Å². The quantitative estimate of drug-likeness (QED) is 0.493. The first-order chi connectivity index (χ1) is 15.5. The third-order valence-electron chi connectivity index (χ3n) is 5.54. The van der Waals surface area contributed by atoms with Gasteiger partial charge in [0.1, 0.15) is 29.8 Å². The van der Waals surface area contributed by atoms with Gasteiger partial charge in [0, 0.05) is 24.2 Å². The molecular formula is C25H19ClFNO4. The Morgan fingerprint density at radius 1 is 1.16 bits per heavy atom. The normalized spacial score (nSPS) is 16.3. The highest BCUT2D eigenvalue weighted by Gasteiger charge is 2.34. The molecule has 0 N–H and O–H groups in total. The highest BCUT2D eigenvalue weighted by atomic mass is 35.5. The second kappa shape index (κ2) is 8.30. The molecule has 2 aliphatic heterocycles. The van der Waals surface area contributed by atoms with Gasteiger partial charge in [0.25, 0.3) is 0 Å². The van der Waals surface area contributed by atoms with Crippen LogP contribution in [0.2, 0.25) is 5.02 Å². The molecule has 0 unspecified atom stereocenters. The molecule has 0 spiro atoms. The number of para-hydroxylation sites is 1. The van der Waals surface area contributed by atoms with E-state index in [2.05, 4.69) is 4.90 Å². The van der Waals surface area contributed by atoms with E-state index in [9.17, 15) is 9.18 Å². The van der Waals surface area contributed by atoms with Crippen molar-refractivity contribution in [2.45, 2.75) is 13.1 Å². The van der Waals surface area contributed by atoms with Crippen molar-refractivity contribution in [2.75, 3.05) is 13.8 Å². The number of halogens is 2. The maximum Gasteiger partial charge on any atom is 0.231 e. The largest absolute Gasteiger partial charge is 0.496 e. The zero-order chi connectivity index (χ0) is 22.2. The average Bonchev–Trinajstić information content (AvgIpc) is 3.12. The van der Waals surface area contributed by atoms with E-state index in [1.54, 1.807) is 25.3 Å². The number of hydrogen-bond donors (Lipinski definition) is 0. The summed E-state index contributed by atoms with van der Waals surface area (Å²) in [7, 11) is 1.64. The summed E-state index contributed by atoms with van der Waals surface area (Å²) in [6, 6.07) is 15.6. The van der Waals surface area contributed by atoms with Gasteiger partial charge in [0.15, 0.2) is 5.76 Å². The van der Waals surface area contributed by atoms with Crippen molar-refractivity contribution in [3.63, 3.8) is 0 Å². The van der Waals surface area contributed by atoms with Crippen LogP contribution < -0.4 is 14.2 Å². The molecule has 0 aromatic heterocycles. The zero-order valence-corrected chi connectivity index (χ0v) is 18.0. The van der Waals surface area contributed by atoms with E-state index in [0.29, 0.717) is 36.9 Å². The van der Waals surface area contributed by atoms with Crippen LogP contribution in [0.5, 0.6) is 17.2 Å². The number of ether oxygens (including phenoxy) is 3. The minimum atomic E-state index is -0.522. The molecule has 0 saturated heterocycles. The Morgan fingerprint density at radius 2 is 2.00 bits per heavy atom. The molecule has 0 radical (unpaired) electrons. The highest BCUT2D eigenvalue weighted by molar-refractivity contribution is 6.32. The lowest BCUT2D eigenvalue weighted by Crippen LogP contribution is -2.31. The van der Waals surface area contributed by atoms with Crippen LogP contribution in [-0.4, -0.2) is 24.5 Å². The van der Waals surface area contributed by atoms with E-state index in [0.717, 1.165) is 16.9 Å². The molecule has 0 amide bonds. The summed E-state index contributed by atoms with van der Waals surface area (Å²) in [6.07, 6.45) is 1.35. The molecule has 5 nitrogen and oxygen atoms in total. The van der Waals surface area contributed by atoms with Crippen molar-refractivity contribution < 1.29 is 23.4 Å². The Kier molecular flexibility index (Phi) is 5.33. The maximum absolute atomic E-state index is 14.2. The number of benzene rings is 3. The van der Waals surface area contributed by atoms with Crippen molar-refractivity contribution >= 4 is 23.5 Å². The van der Waals surface area contributed by atoms with Crippen LogP contribution in [-0.2, 0) is 13.1 Å². The van der Waals surface area contributed by atoms with E-state index in [1.165, 1.54) is 18.2 Å². The number of hydrogen-bond acceptors (Lipinski definition) is 5. The van der Waals surface area contributed by atoms with Crippen molar-refractivity contribution in [2.24, 2.45) is 0 Å². The lowest BCUT2D eigenvalue weighted by Gasteiger charge is -2.30. The summed E-state index contributed by atoms with van der Waals surface area (Å²) in [5, 5.41) is 0.207. The number of Topliss-reactive ketones (excluding diaryl/α,β-unsaturated/α-hetero) is 1. The average molecular weight is 452 g/mol. The lowest BCUT2D eigenvalue weighted by molar-refractivity contribution is 0.0865. The smallest absolute Gasteiger partial charge is 0.231 e. The number of nitrogens with zero attached hydrogens (tertiary/aromatic N) is 1. The number of methoxy groups -OCH3 is 1. The molecule has 0 atom stereocenters. The molecule has 3 aromatic carbocycles. The van der Waals surface area contributed by atoms with Crippen LogP contribution in [0.15, 0.2) is 60.4 Å². The standard InChI is InChI=1S/C25H19ClFNO4/c1-30-21-8-3-2-5-15(21)12-28-13-18-22(31-14-28)10-9-16-24(29)23(32-25(16)18)11-17-19(26)6-4-7-20(17)27/h2-11H,12-14H2,1H3/b23-11-. The number of allylic oxidation sites excluding steroid dienone is 1. The van der Waals surface area contributed by atoms with Crippen molar-refractivity contribution in [1.82, 2.24) is 4.90 Å². The maximum atomic E-state index is 14.2. The van der Waals surface area contributed by atoms with Gasteiger partial charge in [-0.25, -0.2) is 4.39 Å². The van der Waals surface area contributed by atoms with Gasteiger partial charge in [-0.05, 0) is 36.4 Å². The van der Waals surface area contributed by atoms with Crippen molar-refractivity contribution in [3.8, 4) is 17.2 Å². The first kappa shape index (κ1) is 20.5. The predicted octanol–water partition coefficient (Wildman–Crippen LogP) is 5.46. The number of rotatable bonds is 4. The molecule has 2 aliphatic rings. The van der Waals surface area contributed by atoms with Gasteiger partial charge in [-0.3, -0.25) is 9.69 Å². The molecule has 0 aliphatic carbocycles. The number of ketones is 1. The fraction of sp³-hybridized carbons (Fsp3) is 0.160. The SMILES string of the molecule is COc1ccccc1CN1COc2ccc3c(c2C1)O/C(=C\c1c(F)cccc1Cl)C3=O. The fourth-order valence-electron chi connectivity index (χ4n) is 3.96. The van der Waals surface area contributed by atoms with E-state index in [-0.39, 0.29) is 22.1 Å². The molecule has 0 fully saturated rings. The third kappa shape index (κ3) is 3.61. The van der Waals surface area contributed by atoms with Gasteiger partial charge >= 0.3 is 0 Å². The monoisotopic (exact) mass is 451 g/mol. The van der Waals surface area contributed by atoms with E-state index < -0.39 is 5.82 Å². The van der Waals surface area contributed by atoms with Crippen molar-refractivity contribution in [3.05, 3.63) is 93.5 Å². The molecule has 7 heteroatoms. The first-order valence-corrected chi connectivity index (χ1v) is 10.4. The van der Waals surface area contributed by atoms with E-state index >= 15 is 0 Å².